The monoisotopic (exact) mass is 273 g/mol. The Morgan fingerprint density at radius 3 is 2.70 bits per heavy atom. The van der Waals surface area contributed by atoms with Gasteiger partial charge in [0.1, 0.15) is 6.33 Å². The number of nitro groups is 1. The van der Waals surface area contributed by atoms with Crippen LogP contribution < -0.4 is 10.6 Å². The zero-order chi connectivity index (χ0) is 14.7. The normalized spacial score (nSPS) is 10.3. The van der Waals surface area contributed by atoms with Gasteiger partial charge in [-0.15, -0.1) is 0 Å². The third kappa shape index (κ3) is 2.66. The average molecular weight is 273 g/mol. The quantitative estimate of drug-likeness (QED) is 0.675. The minimum atomic E-state index is -0.557. The molecular formula is C13H15N5O2. The van der Waals surface area contributed by atoms with E-state index >= 15 is 0 Å². The highest BCUT2D eigenvalue weighted by molar-refractivity contribution is 5.68. The Balaban J connectivity index is 2.35. The molecule has 0 saturated carbocycles. The van der Waals surface area contributed by atoms with Gasteiger partial charge < -0.3 is 10.6 Å². The van der Waals surface area contributed by atoms with Gasteiger partial charge in [0.25, 0.3) is 0 Å². The minimum Gasteiger partial charge on any atom is -0.378 e. The van der Waals surface area contributed by atoms with Crippen molar-refractivity contribution in [3.63, 3.8) is 0 Å². The predicted molar refractivity (Wildman–Crippen MR) is 76.4 cm³/mol. The molecule has 1 heterocycles. The van der Waals surface area contributed by atoms with Gasteiger partial charge in [0, 0.05) is 13.6 Å². The van der Waals surface area contributed by atoms with E-state index in [9.17, 15) is 10.1 Å². The zero-order valence-electron chi connectivity index (χ0n) is 11.3. The summed E-state index contributed by atoms with van der Waals surface area (Å²) in [6, 6.07) is 7.84. The molecule has 104 valence electrons. The third-order valence-electron chi connectivity index (χ3n) is 3.04. The Morgan fingerprint density at radius 1 is 1.35 bits per heavy atom. The largest absolute Gasteiger partial charge is 0.378 e. The molecule has 0 saturated heterocycles. The molecule has 0 bridgehead atoms. The van der Waals surface area contributed by atoms with Crippen LogP contribution in [0.5, 0.6) is 0 Å². The van der Waals surface area contributed by atoms with Crippen LogP contribution in [0.15, 0.2) is 30.6 Å². The number of nitrogen functional groups attached to an aromatic ring is 1. The summed E-state index contributed by atoms with van der Waals surface area (Å²) in [5.74, 6) is 0.0855. The summed E-state index contributed by atoms with van der Waals surface area (Å²) in [7, 11) is 1.74. The molecule has 1 aromatic carbocycles. The van der Waals surface area contributed by atoms with E-state index in [1.54, 1.807) is 11.9 Å². The lowest BCUT2D eigenvalue weighted by atomic mass is 10.1. The van der Waals surface area contributed by atoms with Gasteiger partial charge in [0.2, 0.25) is 11.6 Å². The number of hydrogen-bond donors (Lipinski definition) is 1. The lowest BCUT2D eigenvalue weighted by Gasteiger charge is -2.19. The first-order chi connectivity index (χ1) is 9.50. The summed E-state index contributed by atoms with van der Waals surface area (Å²) >= 11 is 0. The first-order valence-corrected chi connectivity index (χ1v) is 6.01. The van der Waals surface area contributed by atoms with Gasteiger partial charge in [-0.25, -0.2) is 9.97 Å². The highest BCUT2D eigenvalue weighted by Gasteiger charge is 2.23. The number of nitrogens with two attached hydrogens (primary N) is 1. The van der Waals surface area contributed by atoms with Crippen LogP contribution in [0.2, 0.25) is 0 Å². The smallest absolute Gasteiger partial charge is 0.353 e. The number of aryl methyl sites for hydroxylation is 1. The molecule has 20 heavy (non-hydrogen) atoms. The molecule has 0 radical (unpaired) electrons. The van der Waals surface area contributed by atoms with Crippen LogP contribution in [-0.4, -0.2) is 21.9 Å². The molecule has 0 aliphatic carbocycles. The van der Waals surface area contributed by atoms with Crippen LogP contribution in [-0.2, 0) is 6.54 Å². The Labute approximate surface area is 116 Å². The first kappa shape index (κ1) is 13.7. The lowest BCUT2D eigenvalue weighted by molar-refractivity contribution is -0.383. The van der Waals surface area contributed by atoms with Crippen LogP contribution >= 0.6 is 0 Å². The van der Waals surface area contributed by atoms with Crippen LogP contribution in [0.4, 0.5) is 17.3 Å². The van der Waals surface area contributed by atoms with Crippen LogP contribution in [0, 0.1) is 17.0 Å². The third-order valence-corrected chi connectivity index (χ3v) is 3.04. The fourth-order valence-corrected chi connectivity index (χ4v) is 1.96. The Hall–Kier alpha value is -2.70. The Kier molecular flexibility index (Phi) is 3.79. The number of rotatable bonds is 4. The second-order valence-electron chi connectivity index (χ2n) is 4.47. The van der Waals surface area contributed by atoms with E-state index in [1.807, 2.05) is 31.2 Å². The molecule has 0 aliphatic rings. The summed E-state index contributed by atoms with van der Waals surface area (Å²) in [6.07, 6.45) is 1.23. The molecule has 0 atom stereocenters. The van der Waals surface area contributed by atoms with E-state index in [0.717, 1.165) is 11.1 Å². The van der Waals surface area contributed by atoms with Crippen molar-refractivity contribution in [2.45, 2.75) is 13.5 Å². The van der Waals surface area contributed by atoms with Crippen molar-refractivity contribution in [2.24, 2.45) is 0 Å². The molecular weight excluding hydrogens is 258 g/mol. The van der Waals surface area contributed by atoms with Gasteiger partial charge in [-0.3, -0.25) is 10.1 Å². The predicted octanol–water partition coefficient (Wildman–Crippen LogP) is 1.91. The summed E-state index contributed by atoms with van der Waals surface area (Å²) in [5.41, 5.74) is 7.49. The summed E-state index contributed by atoms with van der Waals surface area (Å²) in [5, 5.41) is 11.1. The number of benzene rings is 1. The maximum atomic E-state index is 11.1. The van der Waals surface area contributed by atoms with Crippen LogP contribution in [0.25, 0.3) is 0 Å². The molecule has 0 spiro atoms. The molecule has 0 fully saturated rings. The maximum Gasteiger partial charge on any atom is 0.353 e. The minimum absolute atomic E-state index is 0.128. The zero-order valence-corrected chi connectivity index (χ0v) is 11.3. The van der Waals surface area contributed by atoms with Crippen molar-refractivity contribution in [3.05, 3.63) is 51.8 Å². The molecule has 2 rings (SSSR count). The topological polar surface area (TPSA) is 98.2 Å². The summed E-state index contributed by atoms with van der Waals surface area (Å²) in [6.45, 7) is 2.50. The van der Waals surface area contributed by atoms with Crippen molar-refractivity contribution in [2.75, 3.05) is 17.7 Å². The first-order valence-electron chi connectivity index (χ1n) is 6.01. The second kappa shape index (κ2) is 5.52. The van der Waals surface area contributed by atoms with E-state index < -0.39 is 4.92 Å². The Bertz CT molecular complexity index is 644. The SMILES string of the molecule is Cc1ccccc1CN(C)c1ncnc(N)c1[N+](=O)[O-]. The molecule has 2 aromatic rings. The van der Waals surface area contributed by atoms with E-state index in [4.69, 9.17) is 5.73 Å². The highest BCUT2D eigenvalue weighted by atomic mass is 16.6. The van der Waals surface area contributed by atoms with Crippen molar-refractivity contribution >= 4 is 17.3 Å². The van der Waals surface area contributed by atoms with Gasteiger partial charge in [0.05, 0.1) is 4.92 Å². The van der Waals surface area contributed by atoms with Gasteiger partial charge in [0.15, 0.2) is 0 Å². The van der Waals surface area contributed by atoms with E-state index in [-0.39, 0.29) is 17.3 Å². The van der Waals surface area contributed by atoms with Gasteiger partial charge in [-0.1, -0.05) is 24.3 Å². The second-order valence-corrected chi connectivity index (χ2v) is 4.47. The van der Waals surface area contributed by atoms with Crippen molar-refractivity contribution in [1.29, 1.82) is 0 Å². The van der Waals surface area contributed by atoms with Crippen LogP contribution in [0.3, 0.4) is 0 Å². The molecule has 7 nitrogen and oxygen atoms in total. The molecule has 2 N–H and O–H groups in total. The molecule has 0 aliphatic heterocycles. The van der Waals surface area contributed by atoms with Crippen LogP contribution in [0.1, 0.15) is 11.1 Å². The van der Waals surface area contributed by atoms with Gasteiger partial charge >= 0.3 is 5.69 Å². The number of nitrogens with zero attached hydrogens (tertiary/aromatic N) is 4. The summed E-state index contributed by atoms with van der Waals surface area (Å²) < 4.78 is 0. The molecule has 7 heteroatoms. The maximum absolute atomic E-state index is 11.1. The molecule has 0 unspecified atom stereocenters. The Morgan fingerprint density at radius 2 is 2.05 bits per heavy atom. The number of aromatic nitrogens is 2. The number of anilines is 2. The fourth-order valence-electron chi connectivity index (χ4n) is 1.96. The lowest BCUT2D eigenvalue weighted by Crippen LogP contribution is -2.20. The molecule has 1 aromatic heterocycles. The van der Waals surface area contributed by atoms with Crippen molar-refractivity contribution < 1.29 is 4.92 Å². The standard InChI is InChI=1S/C13H15N5O2/c1-9-5-3-4-6-10(9)7-17(2)13-11(18(19)20)12(14)15-8-16-13/h3-6,8H,7H2,1-2H3,(H2,14,15,16). The summed E-state index contributed by atoms with van der Waals surface area (Å²) in [4.78, 5) is 19.9. The van der Waals surface area contributed by atoms with E-state index in [0.29, 0.717) is 6.54 Å². The highest BCUT2D eigenvalue weighted by Crippen LogP contribution is 2.29. The van der Waals surface area contributed by atoms with E-state index in [1.165, 1.54) is 6.33 Å². The van der Waals surface area contributed by atoms with Crippen molar-refractivity contribution in [1.82, 2.24) is 9.97 Å². The average Bonchev–Trinajstić information content (AvgIpc) is 2.40. The van der Waals surface area contributed by atoms with Gasteiger partial charge in [-0.05, 0) is 18.1 Å². The van der Waals surface area contributed by atoms with E-state index in [2.05, 4.69) is 9.97 Å². The molecule has 0 amide bonds. The fraction of sp³-hybridized carbons (Fsp3) is 0.231. The van der Waals surface area contributed by atoms with Crippen molar-refractivity contribution in [3.8, 4) is 0 Å². The van der Waals surface area contributed by atoms with Gasteiger partial charge in [-0.2, -0.15) is 0 Å². The number of hydrogen-bond acceptors (Lipinski definition) is 6.